The minimum absolute atomic E-state index is 0.0561. The van der Waals surface area contributed by atoms with Gasteiger partial charge in [0.2, 0.25) is 9.84 Å². The van der Waals surface area contributed by atoms with Gasteiger partial charge in [0.1, 0.15) is 5.75 Å². The van der Waals surface area contributed by atoms with E-state index in [0.29, 0.717) is 22.4 Å². The third-order valence-electron chi connectivity index (χ3n) is 4.06. The van der Waals surface area contributed by atoms with Crippen LogP contribution in [0.2, 0.25) is 0 Å². The molecule has 0 atom stereocenters. The van der Waals surface area contributed by atoms with Gasteiger partial charge in [0, 0.05) is 5.39 Å². The lowest BCUT2D eigenvalue weighted by atomic mass is 10.2. The van der Waals surface area contributed by atoms with Gasteiger partial charge in [0.15, 0.2) is 5.03 Å². The third kappa shape index (κ3) is 2.96. The molecule has 2 aromatic carbocycles. The highest BCUT2D eigenvalue weighted by molar-refractivity contribution is 7.90. The lowest BCUT2D eigenvalue weighted by Gasteiger charge is -2.08. The predicted octanol–water partition coefficient (Wildman–Crippen LogP) is 3.46. The third-order valence-corrected chi connectivity index (χ3v) is 5.58. The van der Waals surface area contributed by atoms with E-state index < -0.39 is 9.84 Å². The minimum atomic E-state index is -3.61. The average Bonchev–Trinajstić information content (AvgIpc) is 2.62. The van der Waals surface area contributed by atoms with Crippen molar-refractivity contribution in [2.45, 2.75) is 17.7 Å². The van der Waals surface area contributed by atoms with Crippen LogP contribution in [0.25, 0.3) is 21.9 Å². The van der Waals surface area contributed by atoms with Crippen LogP contribution in [-0.2, 0) is 15.6 Å². The fourth-order valence-electron chi connectivity index (χ4n) is 2.74. The molecule has 0 fully saturated rings. The van der Waals surface area contributed by atoms with Crippen LogP contribution in [0.3, 0.4) is 0 Å². The van der Waals surface area contributed by atoms with E-state index in [9.17, 15) is 8.42 Å². The van der Waals surface area contributed by atoms with E-state index in [0.717, 1.165) is 10.9 Å². The maximum absolute atomic E-state index is 12.8. The monoisotopic (exact) mass is 349 g/mol. The summed E-state index contributed by atoms with van der Waals surface area (Å²) in [5.41, 5.74) is 3.16. The van der Waals surface area contributed by atoms with Gasteiger partial charge in [-0.05, 0) is 37.3 Å². The molecule has 0 N–H and O–H groups in total. The first-order valence-electron chi connectivity index (χ1n) is 7.84. The molecule has 124 valence electrons. The van der Waals surface area contributed by atoms with Crippen LogP contribution in [0.15, 0.2) is 65.7 Å². The topological polar surface area (TPSA) is 72.8 Å². The molecule has 6 heteroatoms. The Hall–Kier alpha value is -2.86. The van der Waals surface area contributed by atoms with Gasteiger partial charge < -0.3 is 0 Å². The SMILES string of the molecule is Cc1nc2ccccc2nc1CS(=O)(=O)c1ccc2ccccc2n1. The minimum Gasteiger partial charge on any atom is -0.250 e. The molecular formula is C19H15N3O2S. The summed E-state index contributed by atoms with van der Waals surface area (Å²) in [7, 11) is -3.61. The summed E-state index contributed by atoms with van der Waals surface area (Å²) in [6, 6.07) is 18.2. The predicted molar refractivity (Wildman–Crippen MR) is 96.9 cm³/mol. The molecule has 4 aromatic rings. The second-order valence-corrected chi connectivity index (χ2v) is 7.78. The summed E-state index contributed by atoms with van der Waals surface area (Å²) in [6.07, 6.45) is 0. The van der Waals surface area contributed by atoms with Crippen LogP contribution in [0.5, 0.6) is 0 Å². The second-order valence-electron chi connectivity index (χ2n) is 5.85. The zero-order chi connectivity index (χ0) is 17.4. The molecule has 0 unspecified atom stereocenters. The number of rotatable bonds is 3. The Labute approximate surface area is 145 Å². The largest absolute Gasteiger partial charge is 0.250 e. The number of nitrogens with zero attached hydrogens (tertiary/aromatic N) is 3. The number of para-hydroxylation sites is 3. The van der Waals surface area contributed by atoms with Crippen molar-refractivity contribution in [3.8, 4) is 0 Å². The first-order valence-corrected chi connectivity index (χ1v) is 9.49. The normalized spacial score (nSPS) is 11.9. The van der Waals surface area contributed by atoms with Crippen molar-refractivity contribution in [1.29, 1.82) is 0 Å². The van der Waals surface area contributed by atoms with E-state index in [2.05, 4.69) is 15.0 Å². The molecule has 0 saturated carbocycles. The van der Waals surface area contributed by atoms with Crippen LogP contribution in [0.4, 0.5) is 0 Å². The fraction of sp³-hybridized carbons (Fsp3) is 0.105. The lowest BCUT2D eigenvalue weighted by Crippen LogP contribution is -2.10. The number of sulfone groups is 1. The van der Waals surface area contributed by atoms with Crippen LogP contribution in [0.1, 0.15) is 11.4 Å². The summed E-state index contributed by atoms with van der Waals surface area (Å²) in [5.74, 6) is -0.220. The molecular weight excluding hydrogens is 334 g/mol. The molecule has 25 heavy (non-hydrogen) atoms. The maximum atomic E-state index is 12.8. The van der Waals surface area contributed by atoms with Gasteiger partial charge in [-0.15, -0.1) is 0 Å². The summed E-state index contributed by atoms with van der Waals surface area (Å²) in [6.45, 7) is 1.78. The number of aryl methyl sites for hydroxylation is 1. The maximum Gasteiger partial charge on any atom is 0.201 e. The van der Waals surface area contributed by atoms with Crippen molar-refractivity contribution in [1.82, 2.24) is 15.0 Å². The Kier molecular flexibility index (Phi) is 3.69. The molecule has 4 rings (SSSR count). The average molecular weight is 349 g/mol. The zero-order valence-electron chi connectivity index (χ0n) is 13.5. The highest BCUT2D eigenvalue weighted by Crippen LogP contribution is 2.20. The van der Waals surface area contributed by atoms with Crippen LogP contribution in [-0.4, -0.2) is 23.4 Å². The molecule has 2 aromatic heterocycles. The summed E-state index contributed by atoms with van der Waals surface area (Å²) >= 11 is 0. The van der Waals surface area contributed by atoms with E-state index in [1.807, 2.05) is 42.5 Å². The van der Waals surface area contributed by atoms with Crippen molar-refractivity contribution in [2.75, 3.05) is 0 Å². The van der Waals surface area contributed by atoms with Crippen molar-refractivity contribution < 1.29 is 8.42 Å². The number of fused-ring (bicyclic) bond motifs is 2. The molecule has 0 spiro atoms. The molecule has 2 heterocycles. The molecule has 0 radical (unpaired) electrons. The number of benzene rings is 2. The fourth-order valence-corrected chi connectivity index (χ4v) is 4.03. The van der Waals surface area contributed by atoms with Crippen molar-refractivity contribution >= 4 is 31.8 Å². The van der Waals surface area contributed by atoms with E-state index in [1.165, 1.54) is 0 Å². The van der Waals surface area contributed by atoms with E-state index >= 15 is 0 Å². The zero-order valence-corrected chi connectivity index (χ0v) is 14.4. The van der Waals surface area contributed by atoms with E-state index in [-0.39, 0.29) is 10.8 Å². The first-order chi connectivity index (χ1) is 12.0. The smallest absolute Gasteiger partial charge is 0.201 e. The standard InChI is InChI=1S/C19H15N3O2S/c1-13-18(21-17-9-5-4-8-16(17)20-13)12-25(23,24)19-11-10-14-6-2-3-7-15(14)22-19/h2-11H,12H2,1H3. The van der Waals surface area contributed by atoms with Gasteiger partial charge in [0.25, 0.3) is 0 Å². The van der Waals surface area contributed by atoms with Gasteiger partial charge in [-0.25, -0.2) is 23.4 Å². The Morgan fingerprint density at radius 3 is 2.16 bits per heavy atom. The Balaban J connectivity index is 1.76. The Morgan fingerprint density at radius 2 is 1.40 bits per heavy atom. The van der Waals surface area contributed by atoms with Crippen LogP contribution >= 0.6 is 0 Å². The van der Waals surface area contributed by atoms with Gasteiger partial charge in [-0.3, -0.25) is 0 Å². The number of hydrogen-bond acceptors (Lipinski definition) is 5. The highest BCUT2D eigenvalue weighted by Gasteiger charge is 2.20. The molecule has 0 aliphatic carbocycles. The van der Waals surface area contributed by atoms with Crippen LogP contribution < -0.4 is 0 Å². The van der Waals surface area contributed by atoms with Gasteiger partial charge >= 0.3 is 0 Å². The van der Waals surface area contributed by atoms with E-state index in [1.54, 1.807) is 25.1 Å². The molecule has 0 aliphatic heterocycles. The second kappa shape index (κ2) is 5.89. The first kappa shape index (κ1) is 15.7. The number of aromatic nitrogens is 3. The molecule has 0 saturated heterocycles. The van der Waals surface area contributed by atoms with Crippen molar-refractivity contribution in [2.24, 2.45) is 0 Å². The summed E-state index contributed by atoms with van der Waals surface area (Å²) in [5, 5.41) is 0.962. The quantitative estimate of drug-likeness (QED) is 0.566. The highest BCUT2D eigenvalue weighted by atomic mass is 32.2. The van der Waals surface area contributed by atoms with Gasteiger partial charge in [0.05, 0.1) is 27.9 Å². The molecule has 0 bridgehead atoms. The van der Waals surface area contributed by atoms with Crippen molar-refractivity contribution in [3.63, 3.8) is 0 Å². The van der Waals surface area contributed by atoms with Gasteiger partial charge in [-0.2, -0.15) is 0 Å². The summed E-state index contributed by atoms with van der Waals surface area (Å²) in [4.78, 5) is 13.2. The number of pyridine rings is 1. The Morgan fingerprint density at radius 1 is 0.760 bits per heavy atom. The lowest BCUT2D eigenvalue weighted by molar-refractivity contribution is 0.591. The number of hydrogen-bond donors (Lipinski definition) is 0. The summed E-state index contributed by atoms with van der Waals surface area (Å²) < 4.78 is 25.6. The van der Waals surface area contributed by atoms with E-state index in [4.69, 9.17) is 0 Å². The van der Waals surface area contributed by atoms with Crippen molar-refractivity contribution in [3.05, 3.63) is 72.1 Å². The van der Waals surface area contributed by atoms with Gasteiger partial charge in [-0.1, -0.05) is 30.3 Å². The molecule has 5 nitrogen and oxygen atoms in total. The molecule has 0 amide bonds. The van der Waals surface area contributed by atoms with Crippen LogP contribution in [0, 0.1) is 6.92 Å². The molecule has 0 aliphatic rings. The Bertz CT molecular complexity index is 1200.